The summed E-state index contributed by atoms with van der Waals surface area (Å²) in [5, 5.41) is 31.1. The maximum Gasteiger partial charge on any atom is 0.267 e. The maximum atomic E-state index is 13.1. The lowest BCUT2D eigenvalue weighted by molar-refractivity contribution is -0.0560. The van der Waals surface area contributed by atoms with Crippen LogP contribution in [0.4, 0.5) is 0 Å². The lowest BCUT2D eigenvalue weighted by Crippen LogP contribution is -2.61. The van der Waals surface area contributed by atoms with Gasteiger partial charge in [0.1, 0.15) is 16.9 Å². The van der Waals surface area contributed by atoms with Crippen LogP contribution in [0, 0.1) is 17.8 Å². The van der Waals surface area contributed by atoms with Crippen LogP contribution >= 0.6 is 75.3 Å². The Balaban J connectivity index is 1.35. The average molecular weight is 847 g/mol. The zero-order valence-corrected chi connectivity index (χ0v) is 27.7. The molecule has 4 aliphatic rings. The first-order valence-electron chi connectivity index (χ1n) is 12.2. The van der Waals surface area contributed by atoms with Crippen molar-refractivity contribution in [1.82, 2.24) is 30.8 Å². The van der Waals surface area contributed by atoms with E-state index in [-0.39, 0.29) is 30.7 Å². The number of rotatable bonds is 6. The Labute approximate surface area is 271 Å². The number of carbonyl (C=O) groups excluding carboxylic acids is 2. The second-order valence-corrected chi connectivity index (χ2v) is 14.0. The van der Waals surface area contributed by atoms with Gasteiger partial charge < -0.3 is 52.5 Å². The molecule has 0 bridgehead atoms. The van der Waals surface area contributed by atoms with Gasteiger partial charge in [0.05, 0.1) is 23.5 Å². The van der Waals surface area contributed by atoms with Crippen LogP contribution in [-0.2, 0) is 0 Å². The highest BCUT2D eigenvalue weighted by atomic mass is 79.9. The number of fused-ring (bicyclic) bond motifs is 3. The van der Waals surface area contributed by atoms with Crippen LogP contribution in [0.1, 0.15) is 21.0 Å². The lowest BCUT2D eigenvalue weighted by atomic mass is 9.77. The number of hydrogen-bond acceptors (Lipinski definition) is 10. The van der Waals surface area contributed by atoms with E-state index in [1.165, 1.54) is 4.90 Å². The molecule has 1 saturated carbocycles. The highest BCUT2D eigenvalue weighted by molar-refractivity contribution is 9.13. The molecule has 6 rings (SSSR count). The summed E-state index contributed by atoms with van der Waals surface area (Å²) >= 11 is 20.6. The van der Waals surface area contributed by atoms with Crippen molar-refractivity contribution in [3.05, 3.63) is 41.7 Å². The zero-order chi connectivity index (χ0) is 29.6. The lowest BCUT2D eigenvalue weighted by Gasteiger charge is -2.39. The predicted octanol–water partition coefficient (Wildman–Crippen LogP) is 0.656. The molecule has 2 fully saturated rings. The molecule has 1 saturated heterocycles. The van der Waals surface area contributed by atoms with Crippen molar-refractivity contribution in [2.45, 2.75) is 29.0 Å². The van der Waals surface area contributed by atoms with Crippen LogP contribution < -0.4 is 27.4 Å². The van der Waals surface area contributed by atoms with E-state index in [0.29, 0.717) is 23.8 Å². The quantitative estimate of drug-likeness (QED) is 0.188. The van der Waals surface area contributed by atoms with Gasteiger partial charge in [-0.1, -0.05) is 0 Å². The number of aliphatic hydroxyl groups excluding tert-OH is 1. The zero-order valence-electron chi connectivity index (χ0n) is 20.6. The average Bonchev–Trinajstić information content (AvgIpc) is 3.67. The van der Waals surface area contributed by atoms with Crippen LogP contribution in [0.25, 0.3) is 0 Å². The molecular formula is C22H23Br4ClN10O4. The topological polar surface area (TPSA) is 222 Å². The summed E-state index contributed by atoms with van der Waals surface area (Å²) in [5.41, 5.74) is 9.60. The number of aromatic amines is 2. The first-order chi connectivity index (χ1) is 19.3. The van der Waals surface area contributed by atoms with Gasteiger partial charge in [0.2, 0.25) is 0 Å². The molecule has 14 nitrogen and oxygen atoms in total. The van der Waals surface area contributed by atoms with Gasteiger partial charge in [0.25, 0.3) is 11.8 Å². The van der Waals surface area contributed by atoms with Gasteiger partial charge in [0, 0.05) is 24.9 Å². The Morgan fingerprint density at radius 2 is 1.54 bits per heavy atom. The molecule has 0 radical (unpaired) electrons. The van der Waals surface area contributed by atoms with Gasteiger partial charge in [-0.25, -0.2) is 9.98 Å². The third kappa shape index (κ3) is 4.19. The SMILES string of the molecule is NC1=N[C@@H]2N3C(N)=N[C@@H](O)[C@@]34[C@H]([C@H](CNC(=O)c3cc(Br)c(Br)[nH]3)[C@@H](CNC(=O)c3cc(Br)c(Br)[nH]3)[C@@H]4Cl)C2(O)N1. The summed E-state index contributed by atoms with van der Waals surface area (Å²) in [7, 11) is 0. The molecule has 1 spiro atoms. The third-order valence-corrected chi connectivity index (χ3v) is 12.5. The van der Waals surface area contributed by atoms with Crippen molar-refractivity contribution >= 4 is 99.1 Å². The van der Waals surface area contributed by atoms with Crippen molar-refractivity contribution in [1.29, 1.82) is 0 Å². The molecule has 2 amide bonds. The minimum atomic E-state index is -1.80. The van der Waals surface area contributed by atoms with Crippen LogP contribution in [0.5, 0.6) is 0 Å². The van der Waals surface area contributed by atoms with Crippen molar-refractivity contribution < 1.29 is 19.8 Å². The number of alkyl halides is 1. The summed E-state index contributed by atoms with van der Waals surface area (Å²) in [6.45, 7) is 0.0527. The smallest absolute Gasteiger partial charge is 0.267 e. The number of hydrogen-bond donors (Lipinski definition) is 9. The molecular weight excluding hydrogens is 823 g/mol. The molecule has 3 aliphatic heterocycles. The van der Waals surface area contributed by atoms with Crippen LogP contribution in [-0.4, -0.2) is 90.9 Å². The maximum absolute atomic E-state index is 13.1. The summed E-state index contributed by atoms with van der Waals surface area (Å²) in [4.78, 5) is 42.1. The van der Waals surface area contributed by atoms with E-state index in [9.17, 15) is 19.8 Å². The van der Waals surface area contributed by atoms with Crippen LogP contribution in [0.3, 0.4) is 0 Å². The summed E-state index contributed by atoms with van der Waals surface area (Å²) in [5.74, 6) is -2.97. The second-order valence-electron chi connectivity index (χ2n) is 10.3. The number of carbonyl (C=O) groups is 2. The summed E-state index contributed by atoms with van der Waals surface area (Å²) in [6.07, 6.45) is -2.44. The fourth-order valence-electron chi connectivity index (χ4n) is 6.75. The highest BCUT2D eigenvalue weighted by Crippen LogP contribution is 2.63. The number of amides is 2. The van der Waals surface area contributed by atoms with Gasteiger partial charge in [-0.15, -0.1) is 11.6 Å². The van der Waals surface area contributed by atoms with Crippen LogP contribution in [0.2, 0.25) is 0 Å². The molecule has 8 atom stereocenters. The van der Waals surface area contributed by atoms with E-state index < -0.39 is 58.6 Å². The number of H-pyrrole nitrogens is 2. The predicted molar refractivity (Wildman–Crippen MR) is 163 cm³/mol. The van der Waals surface area contributed by atoms with E-state index in [0.717, 1.165) is 0 Å². The van der Waals surface area contributed by atoms with Crippen LogP contribution in [0.15, 0.2) is 40.3 Å². The minimum Gasteiger partial charge on any atom is -0.370 e. The number of nitrogens with one attached hydrogen (secondary N) is 5. The number of guanidine groups is 2. The Morgan fingerprint density at radius 1 is 1.00 bits per heavy atom. The molecule has 11 N–H and O–H groups in total. The standard InChI is InChI=1S/C22H23Br4ClN10O4/c23-7-1-9(32-13(7)25)15(38)30-3-5-6(4-31-16(39)10-2-8(24)14(26)33-10)12(27)21-11(5)22(41)17(34-19(28)36-22)37(21)20(29)35-18(21)40/h1-2,5-6,11-12,17-18,32-33,40-41H,3-4H2,(H2,29,35)(H,30,38)(H,31,39)(H3,28,34,36)/t5-,6-,11+,12+,17-,18+,21+,22?/m1/s1. The molecule has 2 aromatic heterocycles. The van der Waals surface area contributed by atoms with E-state index in [2.05, 4.69) is 99.6 Å². The number of aliphatic hydroxyl groups is 2. The first kappa shape index (κ1) is 29.3. The molecule has 0 aromatic carbocycles. The van der Waals surface area contributed by atoms with E-state index >= 15 is 0 Å². The normalized spacial score (nSPS) is 35.0. The number of nitrogens with two attached hydrogens (primary N) is 2. The Bertz CT molecular complexity index is 1480. The molecule has 2 aromatic rings. The minimum absolute atomic E-state index is 0.0138. The summed E-state index contributed by atoms with van der Waals surface area (Å²) < 4.78 is 2.54. The molecule has 220 valence electrons. The number of nitrogens with zero attached hydrogens (tertiary/aromatic N) is 3. The monoisotopic (exact) mass is 842 g/mol. The Hall–Kier alpha value is -1.83. The third-order valence-electron chi connectivity index (χ3n) is 8.26. The Kier molecular flexibility index (Phi) is 7.22. The van der Waals surface area contributed by atoms with Crippen molar-refractivity contribution in [3.8, 4) is 0 Å². The Morgan fingerprint density at radius 3 is 2.05 bits per heavy atom. The van der Waals surface area contributed by atoms with Crippen molar-refractivity contribution in [2.75, 3.05) is 13.1 Å². The van der Waals surface area contributed by atoms with Gasteiger partial charge >= 0.3 is 0 Å². The number of aliphatic imine (C=N–C) groups is 2. The van der Waals surface area contributed by atoms with E-state index in [1.807, 2.05) is 0 Å². The molecule has 1 unspecified atom stereocenters. The fraction of sp³-hybridized carbons (Fsp3) is 0.455. The largest absolute Gasteiger partial charge is 0.370 e. The van der Waals surface area contributed by atoms with Crippen molar-refractivity contribution in [2.24, 2.45) is 39.2 Å². The summed E-state index contributed by atoms with van der Waals surface area (Å²) in [6, 6.07) is 3.24. The fourth-order valence-corrected chi connectivity index (χ4v) is 8.69. The van der Waals surface area contributed by atoms with Crippen molar-refractivity contribution in [3.63, 3.8) is 0 Å². The molecule has 5 heterocycles. The van der Waals surface area contributed by atoms with Gasteiger partial charge in [-0.3, -0.25) is 9.59 Å². The first-order valence-corrected chi connectivity index (χ1v) is 15.8. The second kappa shape index (κ2) is 10.1. The number of aromatic nitrogens is 2. The van der Waals surface area contributed by atoms with Gasteiger partial charge in [-0.2, -0.15) is 0 Å². The highest BCUT2D eigenvalue weighted by Gasteiger charge is 2.82. The van der Waals surface area contributed by atoms with E-state index in [1.54, 1.807) is 12.1 Å². The molecule has 1 aliphatic carbocycles. The van der Waals surface area contributed by atoms with Gasteiger partial charge in [0.15, 0.2) is 30.0 Å². The number of halogens is 5. The van der Waals surface area contributed by atoms with Gasteiger partial charge in [-0.05, 0) is 81.8 Å². The molecule has 19 heteroatoms. The van der Waals surface area contributed by atoms with E-state index in [4.69, 9.17) is 23.1 Å². The molecule has 41 heavy (non-hydrogen) atoms.